The maximum absolute atomic E-state index is 11.9. The fraction of sp³-hybridized carbons (Fsp3) is 0.333. The molecule has 0 radical (unpaired) electrons. The number of carbonyl (C=O) groups is 1. The van der Waals surface area contributed by atoms with Crippen LogP contribution in [-0.4, -0.2) is 16.1 Å². The first kappa shape index (κ1) is 14.1. The molecular formula is C15H20N4O. The second kappa shape index (κ2) is 5.36. The fourth-order valence-corrected chi connectivity index (χ4v) is 1.78. The summed E-state index contributed by atoms with van der Waals surface area (Å²) in [4.78, 5) is 11.9. The number of rotatable bonds is 3. The van der Waals surface area contributed by atoms with Crippen LogP contribution in [0.1, 0.15) is 32.0 Å². The van der Waals surface area contributed by atoms with Gasteiger partial charge in [-0.3, -0.25) is 9.89 Å². The van der Waals surface area contributed by atoms with Gasteiger partial charge in [0, 0.05) is 22.9 Å². The minimum Gasteiger partial charge on any atom is -0.399 e. The van der Waals surface area contributed by atoms with Gasteiger partial charge >= 0.3 is 0 Å². The standard InChI is InChI=1S/C15H20N4O/c1-15(2,3)12-9-13(19-18-12)17-14(20)8-10-4-6-11(16)7-5-10/h4-7,9H,8,16H2,1-3H3,(H2,17,18,19,20). The van der Waals surface area contributed by atoms with Crippen molar-refractivity contribution in [1.82, 2.24) is 10.2 Å². The smallest absolute Gasteiger partial charge is 0.229 e. The molecule has 0 aliphatic carbocycles. The van der Waals surface area contributed by atoms with Gasteiger partial charge < -0.3 is 11.1 Å². The van der Waals surface area contributed by atoms with Gasteiger partial charge in [-0.1, -0.05) is 32.9 Å². The van der Waals surface area contributed by atoms with Gasteiger partial charge in [0.2, 0.25) is 5.91 Å². The Hall–Kier alpha value is -2.30. The summed E-state index contributed by atoms with van der Waals surface area (Å²) in [5, 5.41) is 9.83. The summed E-state index contributed by atoms with van der Waals surface area (Å²) in [6.45, 7) is 6.25. The molecule has 5 nitrogen and oxygen atoms in total. The van der Waals surface area contributed by atoms with Crippen molar-refractivity contribution in [1.29, 1.82) is 0 Å². The molecule has 0 aliphatic rings. The number of aromatic nitrogens is 2. The van der Waals surface area contributed by atoms with Gasteiger partial charge in [0.25, 0.3) is 0 Å². The summed E-state index contributed by atoms with van der Waals surface area (Å²) in [6.07, 6.45) is 0.304. The monoisotopic (exact) mass is 272 g/mol. The molecule has 0 aliphatic heterocycles. The Labute approximate surface area is 118 Å². The molecule has 0 fully saturated rings. The van der Waals surface area contributed by atoms with E-state index in [1.54, 1.807) is 12.1 Å². The summed E-state index contributed by atoms with van der Waals surface area (Å²) in [5.74, 6) is 0.456. The number of nitrogens with one attached hydrogen (secondary N) is 2. The molecule has 1 heterocycles. The van der Waals surface area contributed by atoms with E-state index in [2.05, 4.69) is 36.3 Å². The summed E-state index contributed by atoms with van der Waals surface area (Å²) in [5.41, 5.74) is 8.19. The van der Waals surface area contributed by atoms with Crippen LogP contribution < -0.4 is 11.1 Å². The van der Waals surface area contributed by atoms with Crippen LogP contribution in [0.3, 0.4) is 0 Å². The summed E-state index contributed by atoms with van der Waals surface area (Å²) < 4.78 is 0. The Balaban J connectivity index is 1.98. The molecule has 0 saturated heterocycles. The zero-order valence-electron chi connectivity index (χ0n) is 12.0. The summed E-state index contributed by atoms with van der Waals surface area (Å²) in [7, 11) is 0. The highest BCUT2D eigenvalue weighted by Crippen LogP contribution is 2.21. The van der Waals surface area contributed by atoms with Gasteiger partial charge in [0.1, 0.15) is 0 Å². The van der Waals surface area contributed by atoms with Crippen LogP contribution in [0.2, 0.25) is 0 Å². The number of amides is 1. The van der Waals surface area contributed by atoms with Crippen molar-refractivity contribution in [3.63, 3.8) is 0 Å². The number of benzene rings is 1. The molecule has 1 aromatic carbocycles. The average Bonchev–Trinajstić information content (AvgIpc) is 2.80. The molecule has 1 aromatic heterocycles. The topological polar surface area (TPSA) is 83.8 Å². The van der Waals surface area contributed by atoms with Gasteiger partial charge in [0.15, 0.2) is 5.82 Å². The van der Waals surface area contributed by atoms with E-state index in [0.29, 0.717) is 17.9 Å². The van der Waals surface area contributed by atoms with Gasteiger partial charge in [-0.2, -0.15) is 5.10 Å². The lowest BCUT2D eigenvalue weighted by molar-refractivity contribution is -0.115. The lowest BCUT2D eigenvalue weighted by Gasteiger charge is -2.14. The molecular weight excluding hydrogens is 252 g/mol. The zero-order chi connectivity index (χ0) is 14.8. The summed E-state index contributed by atoms with van der Waals surface area (Å²) in [6, 6.07) is 9.13. The van der Waals surface area contributed by atoms with Crippen LogP contribution >= 0.6 is 0 Å². The van der Waals surface area contributed by atoms with E-state index in [4.69, 9.17) is 5.73 Å². The highest BCUT2D eigenvalue weighted by atomic mass is 16.1. The maximum Gasteiger partial charge on any atom is 0.229 e. The molecule has 5 heteroatoms. The number of H-pyrrole nitrogens is 1. The Kier molecular flexibility index (Phi) is 3.79. The minimum absolute atomic E-state index is 0.0209. The van der Waals surface area contributed by atoms with Gasteiger partial charge in [-0.05, 0) is 17.7 Å². The molecule has 0 spiro atoms. The molecule has 2 rings (SSSR count). The Bertz CT molecular complexity index is 593. The van der Waals surface area contributed by atoms with Crippen molar-refractivity contribution in [2.24, 2.45) is 0 Å². The van der Waals surface area contributed by atoms with Crippen LogP contribution in [0.5, 0.6) is 0 Å². The van der Waals surface area contributed by atoms with Crippen molar-refractivity contribution < 1.29 is 4.79 Å². The first-order valence-electron chi connectivity index (χ1n) is 6.55. The highest BCUT2D eigenvalue weighted by Gasteiger charge is 2.17. The number of carbonyl (C=O) groups excluding carboxylic acids is 1. The molecule has 4 N–H and O–H groups in total. The number of hydrogen-bond acceptors (Lipinski definition) is 3. The van der Waals surface area contributed by atoms with E-state index < -0.39 is 0 Å². The van der Waals surface area contributed by atoms with E-state index in [0.717, 1.165) is 11.3 Å². The molecule has 20 heavy (non-hydrogen) atoms. The van der Waals surface area contributed by atoms with Crippen LogP contribution in [-0.2, 0) is 16.6 Å². The molecule has 106 valence electrons. The van der Waals surface area contributed by atoms with Gasteiger partial charge in [0.05, 0.1) is 6.42 Å². The third-order valence-electron chi connectivity index (χ3n) is 3.00. The maximum atomic E-state index is 11.9. The molecule has 2 aromatic rings. The third kappa shape index (κ3) is 3.60. The van der Waals surface area contributed by atoms with Crippen molar-refractivity contribution >= 4 is 17.4 Å². The number of hydrogen-bond donors (Lipinski definition) is 3. The summed E-state index contributed by atoms with van der Waals surface area (Å²) >= 11 is 0. The zero-order valence-corrected chi connectivity index (χ0v) is 12.0. The van der Waals surface area contributed by atoms with Gasteiger partial charge in [-0.15, -0.1) is 0 Å². The lowest BCUT2D eigenvalue weighted by Crippen LogP contribution is -2.14. The largest absolute Gasteiger partial charge is 0.399 e. The van der Waals surface area contributed by atoms with E-state index in [1.165, 1.54) is 0 Å². The van der Waals surface area contributed by atoms with Crippen LogP contribution in [0, 0.1) is 0 Å². The molecule has 0 saturated carbocycles. The molecule has 0 unspecified atom stereocenters. The second-order valence-corrected chi connectivity index (χ2v) is 5.88. The average molecular weight is 272 g/mol. The fourth-order valence-electron chi connectivity index (χ4n) is 1.78. The lowest BCUT2D eigenvalue weighted by atomic mass is 9.92. The number of anilines is 2. The van der Waals surface area contributed by atoms with Gasteiger partial charge in [-0.25, -0.2) is 0 Å². The number of nitrogen functional groups attached to an aromatic ring is 1. The van der Waals surface area contributed by atoms with E-state index >= 15 is 0 Å². The van der Waals surface area contributed by atoms with Crippen molar-refractivity contribution in [3.8, 4) is 0 Å². The third-order valence-corrected chi connectivity index (χ3v) is 3.00. The van der Waals surface area contributed by atoms with Crippen LogP contribution in [0.25, 0.3) is 0 Å². The predicted molar refractivity (Wildman–Crippen MR) is 80.5 cm³/mol. The SMILES string of the molecule is CC(C)(C)c1cc(NC(=O)Cc2ccc(N)cc2)n[nH]1. The highest BCUT2D eigenvalue weighted by molar-refractivity contribution is 5.91. The number of nitrogens with zero attached hydrogens (tertiary/aromatic N) is 1. The minimum atomic E-state index is -0.0956. The van der Waals surface area contributed by atoms with Crippen molar-refractivity contribution in [2.75, 3.05) is 11.1 Å². The van der Waals surface area contributed by atoms with E-state index in [9.17, 15) is 4.79 Å². The number of nitrogens with two attached hydrogens (primary N) is 1. The number of aromatic amines is 1. The van der Waals surface area contributed by atoms with E-state index in [-0.39, 0.29) is 11.3 Å². The van der Waals surface area contributed by atoms with Crippen molar-refractivity contribution in [3.05, 3.63) is 41.6 Å². The van der Waals surface area contributed by atoms with Crippen LogP contribution in [0.15, 0.2) is 30.3 Å². The normalized spacial score (nSPS) is 11.3. The molecule has 0 atom stereocenters. The van der Waals surface area contributed by atoms with E-state index in [1.807, 2.05) is 18.2 Å². The first-order chi connectivity index (χ1) is 9.34. The quantitative estimate of drug-likeness (QED) is 0.750. The molecule has 0 bridgehead atoms. The van der Waals surface area contributed by atoms with Crippen LogP contribution in [0.4, 0.5) is 11.5 Å². The second-order valence-electron chi connectivity index (χ2n) is 5.88. The Morgan fingerprint density at radius 1 is 1.30 bits per heavy atom. The Morgan fingerprint density at radius 2 is 1.95 bits per heavy atom. The first-order valence-corrected chi connectivity index (χ1v) is 6.55. The molecule has 1 amide bonds. The van der Waals surface area contributed by atoms with Crippen molar-refractivity contribution in [2.45, 2.75) is 32.6 Å². The predicted octanol–water partition coefficient (Wildman–Crippen LogP) is 2.47. The Morgan fingerprint density at radius 3 is 2.50 bits per heavy atom.